The highest BCUT2D eigenvalue weighted by molar-refractivity contribution is 5.98. The number of ether oxygens (including phenoxy) is 1. The third-order valence-electron chi connectivity index (χ3n) is 4.63. The average molecular weight is 380 g/mol. The predicted octanol–water partition coefficient (Wildman–Crippen LogP) is 3.42. The molecule has 0 fully saturated rings. The quantitative estimate of drug-likeness (QED) is 0.469. The SMILES string of the molecule is CCOc1ccc(C(=O)CC(NCCc2c[nH]c3ccccc23)C(=O)O)cc1. The van der Waals surface area contributed by atoms with Gasteiger partial charge in [0.1, 0.15) is 11.8 Å². The molecule has 0 aliphatic carbocycles. The van der Waals surface area contributed by atoms with E-state index in [4.69, 9.17) is 4.74 Å². The first-order chi connectivity index (χ1) is 13.6. The second-order valence-electron chi connectivity index (χ2n) is 6.54. The van der Waals surface area contributed by atoms with Crippen molar-refractivity contribution in [2.75, 3.05) is 13.2 Å². The van der Waals surface area contributed by atoms with Crippen LogP contribution in [0, 0.1) is 0 Å². The summed E-state index contributed by atoms with van der Waals surface area (Å²) in [5.74, 6) is -0.557. The first-order valence-corrected chi connectivity index (χ1v) is 9.35. The molecule has 146 valence electrons. The highest BCUT2D eigenvalue weighted by atomic mass is 16.5. The number of aliphatic carboxylic acids is 1. The fourth-order valence-electron chi connectivity index (χ4n) is 3.17. The van der Waals surface area contributed by atoms with Gasteiger partial charge >= 0.3 is 5.97 Å². The van der Waals surface area contributed by atoms with Crippen molar-refractivity contribution in [3.63, 3.8) is 0 Å². The lowest BCUT2D eigenvalue weighted by molar-refractivity contribution is -0.139. The summed E-state index contributed by atoms with van der Waals surface area (Å²) < 4.78 is 5.36. The van der Waals surface area contributed by atoms with Gasteiger partial charge in [-0.05, 0) is 49.2 Å². The Bertz CT molecular complexity index is 947. The number of Topliss-reactive ketones (excluding diaryl/α,β-unsaturated/α-hetero) is 1. The van der Waals surface area contributed by atoms with E-state index in [0.717, 1.165) is 16.5 Å². The molecule has 3 N–H and O–H groups in total. The van der Waals surface area contributed by atoms with Gasteiger partial charge in [0, 0.05) is 35.6 Å². The number of nitrogens with one attached hydrogen (secondary N) is 2. The number of aromatic amines is 1. The van der Waals surface area contributed by atoms with Crippen molar-refractivity contribution in [1.29, 1.82) is 0 Å². The van der Waals surface area contributed by atoms with Crippen molar-refractivity contribution in [3.05, 3.63) is 65.9 Å². The fourth-order valence-corrected chi connectivity index (χ4v) is 3.17. The van der Waals surface area contributed by atoms with Crippen LogP contribution >= 0.6 is 0 Å². The van der Waals surface area contributed by atoms with Gasteiger partial charge in [-0.3, -0.25) is 9.59 Å². The number of carbonyl (C=O) groups is 2. The summed E-state index contributed by atoms with van der Waals surface area (Å²) in [6, 6.07) is 13.8. The molecule has 0 bridgehead atoms. The standard InChI is InChI=1S/C22H24N2O4/c1-2-28-17-9-7-15(8-10-17)21(25)13-20(22(26)27)23-12-11-16-14-24-19-6-4-3-5-18(16)19/h3-10,14,20,23-24H,2,11-13H2,1H3,(H,26,27). The number of fused-ring (bicyclic) bond motifs is 1. The van der Waals surface area contributed by atoms with Gasteiger partial charge < -0.3 is 20.1 Å². The zero-order valence-corrected chi connectivity index (χ0v) is 15.8. The van der Waals surface area contributed by atoms with Crippen LogP contribution < -0.4 is 10.1 Å². The van der Waals surface area contributed by atoms with Gasteiger partial charge in [-0.2, -0.15) is 0 Å². The monoisotopic (exact) mass is 380 g/mol. The van der Waals surface area contributed by atoms with Gasteiger partial charge in [0.15, 0.2) is 5.78 Å². The second kappa shape index (κ2) is 9.19. The van der Waals surface area contributed by atoms with Crippen LogP contribution in [-0.2, 0) is 11.2 Å². The normalized spacial score (nSPS) is 12.0. The Morgan fingerprint density at radius 2 is 1.89 bits per heavy atom. The van der Waals surface area contributed by atoms with Crippen LogP contribution in [0.15, 0.2) is 54.7 Å². The zero-order chi connectivity index (χ0) is 19.9. The van der Waals surface area contributed by atoms with E-state index in [9.17, 15) is 14.7 Å². The maximum atomic E-state index is 12.4. The van der Waals surface area contributed by atoms with Crippen LogP contribution in [0.3, 0.4) is 0 Å². The molecule has 3 aromatic rings. The third-order valence-corrected chi connectivity index (χ3v) is 4.63. The Morgan fingerprint density at radius 1 is 1.14 bits per heavy atom. The van der Waals surface area contributed by atoms with Gasteiger partial charge in [0.2, 0.25) is 0 Å². The molecule has 0 aliphatic heterocycles. The summed E-state index contributed by atoms with van der Waals surface area (Å²) in [6.07, 6.45) is 2.51. The van der Waals surface area contributed by atoms with Crippen LogP contribution in [0.5, 0.6) is 5.75 Å². The number of hydrogen-bond acceptors (Lipinski definition) is 4. The number of hydrogen-bond donors (Lipinski definition) is 3. The Labute approximate surface area is 163 Å². The number of carboxylic acids is 1. The number of rotatable bonds is 10. The molecular formula is C22H24N2O4. The molecule has 0 radical (unpaired) electrons. The minimum atomic E-state index is -1.03. The van der Waals surface area contributed by atoms with Crippen molar-refractivity contribution in [3.8, 4) is 5.75 Å². The number of carbonyl (C=O) groups excluding carboxylic acids is 1. The molecule has 0 spiro atoms. The smallest absolute Gasteiger partial charge is 0.321 e. The molecule has 1 aromatic heterocycles. The number of carboxylic acid groups (broad SMARTS) is 1. The molecule has 1 heterocycles. The summed E-state index contributed by atoms with van der Waals surface area (Å²) in [4.78, 5) is 27.2. The van der Waals surface area contributed by atoms with Crippen molar-refractivity contribution in [2.45, 2.75) is 25.8 Å². The van der Waals surface area contributed by atoms with E-state index in [1.165, 1.54) is 0 Å². The number of benzene rings is 2. The number of aromatic nitrogens is 1. The Balaban J connectivity index is 1.57. The minimum absolute atomic E-state index is 0.100. The maximum Gasteiger partial charge on any atom is 0.321 e. The molecule has 0 amide bonds. The summed E-state index contributed by atoms with van der Waals surface area (Å²) in [6.45, 7) is 2.91. The second-order valence-corrected chi connectivity index (χ2v) is 6.54. The Kier molecular flexibility index (Phi) is 6.45. The first-order valence-electron chi connectivity index (χ1n) is 9.35. The van der Waals surface area contributed by atoms with E-state index in [-0.39, 0.29) is 12.2 Å². The molecule has 0 saturated carbocycles. The molecule has 3 rings (SSSR count). The van der Waals surface area contributed by atoms with Crippen molar-refractivity contribution < 1.29 is 19.4 Å². The molecular weight excluding hydrogens is 356 g/mol. The van der Waals surface area contributed by atoms with Crippen LogP contribution in [0.25, 0.3) is 10.9 Å². The van der Waals surface area contributed by atoms with Crippen LogP contribution in [0.4, 0.5) is 0 Å². The molecule has 28 heavy (non-hydrogen) atoms. The van der Waals surface area contributed by atoms with E-state index < -0.39 is 12.0 Å². The predicted molar refractivity (Wildman–Crippen MR) is 108 cm³/mol. The number of H-pyrrole nitrogens is 1. The molecule has 0 aliphatic rings. The Morgan fingerprint density at radius 3 is 2.61 bits per heavy atom. The maximum absolute atomic E-state index is 12.4. The lowest BCUT2D eigenvalue weighted by Gasteiger charge is -2.14. The highest BCUT2D eigenvalue weighted by Gasteiger charge is 2.21. The van der Waals surface area contributed by atoms with Crippen LogP contribution in [-0.4, -0.2) is 41.0 Å². The fraction of sp³-hybridized carbons (Fsp3) is 0.273. The van der Waals surface area contributed by atoms with Crippen LogP contribution in [0.2, 0.25) is 0 Å². The molecule has 0 saturated heterocycles. The molecule has 6 nitrogen and oxygen atoms in total. The van der Waals surface area contributed by atoms with Gasteiger partial charge in [0.05, 0.1) is 6.61 Å². The summed E-state index contributed by atoms with van der Waals surface area (Å²) >= 11 is 0. The molecule has 1 unspecified atom stereocenters. The molecule has 6 heteroatoms. The lowest BCUT2D eigenvalue weighted by Crippen LogP contribution is -2.39. The zero-order valence-electron chi connectivity index (χ0n) is 15.8. The average Bonchev–Trinajstić information content (AvgIpc) is 3.11. The van der Waals surface area contributed by atoms with Crippen molar-refractivity contribution >= 4 is 22.7 Å². The number of para-hydroxylation sites is 1. The molecule has 1 atom stereocenters. The lowest BCUT2D eigenvalue weighted by atomic mass is 10.0. The van der Waals surface area contributed by atoms with Crippen molar-refractivity contribution in [2.24, 2.45) is 0 Å². The molecule has 2 aromatic carbocycles. The van der Waals surface area contributed by atoms with E-state index in [1.54, 1.807) is 24.3 Å². The van der Waals surface area contributed by atoms with Gasteiger partial charge in [-0.25, -0.2) is 0 Å². The van der Waals surface area contributed by atoms with Gasteiger partial charge in [-0.15, -0.1) is 0 Å². The van der Waals surface area contributed by atoms with E-state index in [0.29, 0.717) is 30.9 Å². The highest BCUT2D eigenvalue weighted by Crippen LogP contribution is 2.18. The third kappa shape index (κ3) is 4.78. The Hall–Kier alpha value is -3.12. The van der Waals surface area contributed by atoms with Gasteiger partial charge in [0.25, 0.3) is 0 Å². The minimum Gasteiger partial charge on any atom is -0.494 e. The van der Waals surface area contributed by atoms with E-state index in [2.05, 4.69) is 10.3 Å². The number of ketones is 1. The van der Waals surface area contributed by atoms with Gasteiger partial charge in [-0.1, -0.05) is 18.2 Å². The summed E-state index contributed by atoms with van der Waals surface area (Å²) in [7, 11) is 0. The summed E-state index contributed by atoms with van der Waals surface area (Å²) in [5.41, 5.74) is 2.65. The first kappa shape index (κ1) is 19.6. The topological polar surface area (TPSA) is 91.4 Å². The van der Waals surface area contributed by atoms with Crippen molar-refractivity contribution in [1.82, 2.24) is 10.3 Å². The largest absolute Gasteiger partial charge is 0.494 e. The van der Waals surface area contributed by atoms with E-state index >= 15 is 0 Å². The van der Waals surface area contributed by atoms with Crippen LogP contribution in [0.1, 0.15) is 29.3 Å². The van der Waals surface area contributed by atoms with E-state index in [1.807, 2.05) is 37.4 Å². The summed E-state index contributed by atoms with van der Waals surface area (Å²) in [5, 5.41) is 13.6.